The van der Waals surface area contributed by atoms with E-state index in [9.17, 15) is 9.90 Å². The number of fused-ring (bicyclic) bond motifs is 2. The number of hydrogen-bond acceptors (Lipinski definition) is 7. The Kier molecular flexibility index (Phi) is 4.51. The van der Waals surface area contributed by atoms with Crippen molar-refractivity contribution in [3.8, 4) is 0 Å². The fraction of sp³-hybridized carbons (Fsp3) is 0.350. The predicted octanol–water partition coefficient (Wildman–Crippen LogP) is 1.70. The number of carbonyl (C=O) groups is 1. The van der Waals surface area contributed by atoms with Crippen LogP contribution >= 0.6 is 0 Å². The van der Waals surface area contributed by atoms with Crippen molar-refractivity contribution in [2.45, 2.75) is 37.8 Å². The molecule has 0 spiro atoms. The molecule has 2 N–H and O–H groups in total. The van der Waals surface area contributed by atoms with Crippen molar-refractivity contribution < 1.29 is 24.1 Å². The zero-order valence-corrected chi connectivity index (χ0v) is 15.6. The molecule has 0 radical (unpaired) electrons. The molecule has 2 unspecified atom stereocenters. The summed E-state index contributed by atoms with van der Waals surface area (Å²) in [4.78, 5) is 21.1. The molecule has 9 nitrogen and oxygen atoms in total. The zero-order chi connectivity index (χ0) is 20.0. The number of rotatable bonds is 4. The first-order valence-electron chi connectivity index (χ1n) is 9.41. The van der Waals surface area contributed by atoms with E-state index in [2.05, 4.69) is 15.3 Å². The first kappa shape index (κ1) is 18.2. The molecule has 3 aromatic rings. The van der Waals surface area contributed by atoms with Gasteiger partial charge in [0, 0.05) is 11.8 Å². The number of nitrogens with one attached hydrogen (secondary N) is 1. The number of benzene rings is 1. The molecule has 29 heavy (non-hydrogen) atoms. The third kappa shape index (κ3) is 3.08. The molecular formula is C20H20N4O5. The van der Waals surface area contributed by atoms with Gasteiger partial charge in [-0.3, -0.25) is 4.79 Å². The molecule has 150 valence electrons. The maximum atomic E-state index is 12.5. The summed E-state index contributed by atoms with van der Waals surface area (Å²) in [7, 11) is 0. The Morgan fingerprint density at radius 1 is 1.14 bits per heavy atom. The van der Waals surface area contributed by atoms with Gasteiger partial charge in [0.1, 0.15) is 36.1 Å². The molecule has 2 aliphatic rings. The quantitative estimate of drug-likeness (QED) is 0.691. The van der Waals surface area contributed by atoms with Crippen LogP contribution in [-0.2, 0) is 14.2 Å². The van der Waals surface area contributed by atoms with E-state index in [1.807, 2.05) is 29.8 Å². The first-order chi connectivity index (χ1) is 14.2. The van der Waals surface area contributed by atoms with Crippen molar-refractivity contribution >= 4 is 22.8 Å². The van der Waals surface area contributed by atoms with E-state index < -0.39 is 12.3 Å². The number of amides is 1. The van der Waals surface area contributed by atoms with Crippen molar-refractivity contribution in [1.29, 1.82) is 0 Å². The van der Waals surface area contributed by atoms with Gasteiger partial charge < -0.3 is 29.2 Å². The van der Waals surface area contributed by atoms with Gasteiger partial charge in [0.25, 0.3) is 5.91 Å². The summed E-state index contributed by atoms with van der Waals surface area (Å²) in [5, 5.41) is 13.2. The molecule has 1 aromatic carbocycles. The second-order valence-corrected chi connectivity index (χ2v) is 7.02. The van der Waals surface area contributed by atoms with Crippen molar-refractivity contribution in [2.75, 3.05) is 11.9 Å². The van der Waals surface area contributed by atoms with Gasteiger partial charge in [0.2, 0.25) is 0 Å². The first-order valence-corrected chi connectivity index (χ1v) is 9.41. The minimum atomic E-state index is -0.507. The Morgan fingerprint density at radius 2 is 1.93 bits per heavy atom. The number of aliphatic hydroxyl groups is 1. The Morgan fingerprint density at radius 3 is 2.72 bits per heavy atom. The largest absolute Gasteiger partial charge is 0.394 e. The Labute approximate surface area is 166 Å². The van der Waals surface area contributed by atoms with Crippen molar-refractivity contribution in [1.82, 2.24) is 14.5 Å². The standard InChI is InChI=1S/C20H20N4O5/c1-11-27-15-14(9-25)29-20(16(15)28-11)24-8-7-13-17(21-10-22-18(13)24)23-19(26)12-5-3-2-4-6-12/h2-8,10-11,14-16,20,25H,9H2,1H3,(H,21,22,23,26)/t11?,14?,15-,16-,20-/m1/s1. The van der Waals surface area contributed by atoms with Gasteiger partial charge in [-0.2, -0.15) is 0 Å². The van der Waals surface area contributed by atoms with E-state index >= 15 is 0 Å². The minimum Gasteiger partial charge on any atom is -0.394 e. The predicted molar refractivity (Wildman–Crippen MR) is 102 cm³/mol. The molecule has 4 heterocycles. The lowest BCUT2D eigenvalue weighted by molar-refractivity contribution is -0.143. The van der Waals surface area contributed by atoms with Gasteiger partial charge in [-0.05, 0) is 25.1 Å². The minimum absolute atomic E-state index is 0.166. The maximum Gasteiger partial charge on any atom is 0.256 e. The second-order valence-electron chi connectivity index (χ2n) is 7.02. The number of aromatic nitrogens is 3. The van der Waals surface area contributed by atoms with Crippen molar-refractivity contribution in [2.24, 2.45) is 0 Å². The van der Waals surface area contributed by atoms with Crippen LogP contribution in [0.3, 0.4) is 0 Å². The van der Waals surface area contributed by atoms with Crippen LogP contribution < -0.4 is 5.32 Å². The van der Waals surface area contributed by atoms with Crippen LogP contribution in [0.4, 0.5) is 5.82 Å². The van der Waals surface area contributed by atoms with Gasteiger partial charge in [-0.1, -0.05) is 18.2 Å². The molecule has 2 aliphatic heterocycles. The number of nitrogens with zero attached hydrogens (tertiary/aromatic N) is 3. The average molecular weight is 396 g/mol. The van der Waals surface area contributed by atoms with Gasteiger partial charge in [0.15, 0.2) is 12.5 Å². The number of aliphatic hydroxyl groups excluding tert-OH is 1. The number of anilines is 1. The number of hydrogen-bond donors (Lipinski definition) is 2. The van der Waals surface area contributed by atoms with Crippen LogP contribution in [0.2, 0.25) is 0 Å². The summed E-state index contributed by atoms with van der Waals surface area (Å²) >= 11 is 0. The molecular weight excluding hydrogens is 376 g/mol. The van der Waals surface area contributed by atoms with Crippen LogP contribution in [0.5, 0.6) is 0 Å². The molecule has 2 fully saturated rings. The number of ether oxygens (including phenoxy) is 3. The molecule has 2 aromatic heterocycles. The molecule has 0 aliphatic carbocycles. The van der Waals surface area contributed by atoms with Gasteiger partial charge in [0.05, 0.1) is 12.0 Å². The Bertz CT molecular complexity index is 1040. The highest BCUT2D eigenvalue weighted by Crippen LogP contribution is 2.40. The molecule has 5 atom stereocenters. The van der Waals surface area contributed by atoms with Gasteiger partial charge in [-0.15, -0.1) is 0 Å². The average Bonchev–Trinajstić information content (AvgIpc) is 3.42. The number of carbonyl (C=O) groups excluding carboxylic acids is 1. The lowest BCUT2D eigenvalue weighted by Crippen LogP contribution is -2.30. The summed E-state index contributed by atoms with van der Waals surface area (Å²) in [6.45, 7) is 1.65. The van der Waals surface area contributed by atoms with Crippen LogP contribution in [0, 0.1) is 0 Å². The molecule has 0 bridgehead atoms. The van der Waals surface area contributed by atoms with Crippen LogP contribution in [0.1, 0.15) is 23.5 Å². The molecule has 2 saturated heterocycles. The van der Waals surface area contributed by atoms with E-state index in [0.29, 0.717) is 22.4 Å². The molecule has 1 amide bonds. The zero-order valence-electron chi connectivity index (χ0n) is 15.6. The highest BCUT2D eigenvalue weighted by molar-refractivity contribution is 6.07. The monoisotopic (exact) mass is 396 g/mol. The maximum absolute atomic E-state index is 12.5. The van der Waals surface area contributed by atoms with Crippen molar-refractivity contribution in [3.05, 3.63) is 54.5 Å². The van der Waals surface area contributed by atoms with E-state index in [4.69, 9.17) is 14.2 Å². The smallest absolute Gasteiger partial charge is 0.256 e. The third-order valence-electron chi connectivity index (χ3n) is 5.21. The second kappa shape index (κ2) is 7.20. The van der Waals surface area contributed by atoms with E-state index in [1.165, 1.54) is 6.33 Å². The fourth-order valence-corrected chi connectivity index (χ4v) is 3.91. The van der Waals surface area contributed by atoms with E-state index in [0.717, 1.165) is 0 Å². The third-order valence-corrected chi connectivity index (χ3v) is 5.21. The summed E-state index contributed by atoms with van der Waals surface area (Å²) in [6.07, 6.45) is 1.13. The van der Waals surface area contributed by atoms with E-state index in [1.54, 1.807) is 24.3 Å². The van der Waals surface area contributed by atoms with E-state index in [-0.39, 0.29) is 31.0 Å². The summed E-state index contributed by atoms with van der Waals surface area (Å²) in [6, 6.07) is 10.7. The molecule has 9 heteroatoms. The summed E-state index contributed by atoms with van der Waals surface area (Å²) in [5.74, 6) is 0.157. The van der Waals surface area contributed by atoms with Crippen LogP contribution in [0.15, 0.2) is 48.9 Å². The summed E-state index contributed by atoms with van der Waals surface area (Å²) < 4.78 is 19.4. The Hall–Kier alpha value is -2.85. The SMILES string of the molecule is CC1O[C@@H]2[C@H](O1)C(CO)O[C@H]2n1ccc2c(NC(=O)c3ccccc3)ncnc21. The fourth-order valence-electron chi connectivity index (χ4n) is 3.91. The lowest BCUT2D eigenvalue weighted by atomic mass is 10.1. The van der Waals surface area contributed by atoms with Gasteiger partial charge in [-0.25, -0.2) is 9.97 Å². The normalized spacial score (nSPS) is 28.6. The lowest BCUT2D eigenvalue weighted by Gasteiger charge is -2.20. The Balaban J connectivity index is 1.47. The highest BCUT2D eigenvalue weighted by Gasteiger charge is 2.52. The topological polar surface area (TPSA) is 108 Å². The highest BCUT2D eigenvalue weighted by atomic mass is 16.8. The van der Waals surface area contributed by atoms with Crippen LogP contribution in [0.25, 0.3) is 11.0 Å². The molecule has 0 saturated carbocycles. The molecule has 5 rings (SSSR count). The van der Waals surface area contributed by atoms with Crippen molar-refractivity contribution in [3.63, 3.8) is 0 Å². The van der Waals surface area contributed by atoms with Gasteiger partial charge >= 0.3 is 0 Å². The van der Waals surface area contributed by atoms with Crippen LogP contribution in [-0.4, -0.2) is 56.8 Å². The summed E-state index contributed by atoms with van der Waals surface area (Å²) in [5.41, 5.74) is 1.13.